The number of phenolic OH excluding ortho intramolecular Hbond substituents is 2. The Balaban J connectivity index is 3.05. The van der Waals surface area contributed by atoms with Crippen LogP contribution < -0.4 is 0 Å². The van der Waals surface area contributed by atoms with Crippen LogP contribution in [-0.4, -0.2) is 15.5 Å². The third-order valence-corrected chi connectivity index (χ3v) is 2.54. The van der Waals surface area contributed by atoms with E-state index in [4.69, 9.17) is 0 Å². The molecular weight excluding hydrogens is 288 g/mol. The molecule has 12 heavy (non-hydrogen) atoms. The van der Waals surface area contributed by atoms with Gasteiger partial charge in [0.2, 0.25) is 0 Å². The van der Waals surface area contributed by atoms with Crippen molar-refractivity contribution in [3.8, 4) is 11.5 Å². The Morgan fingerprint density at radius 3 is 2.42 bits per heavy atom. The minimum Gasteiger partial charge on any atom is -0.508 e. The van der Waals surface area contributed by atoms with E-state index < -0.39 is 0 Å². The zero-order chi connectivity index (χ0) is 9.14. The van der Waals surface area contributed by atoms with Gasteiger partial charge in [-0.3, -0.25) is 0 Å². The normalized spacial score (nSPS) is 10.2. The van der Waals surface area contributed by atoms with Gasteiger partial charge in [0.25, 0.3) is 0 Å². The van der Waals surface area contributed by atoms with E-state index in [0.29, 0.717) is 10.9 Å². The number of halogens is 2. The second-order valence-corrected chi connectivity index (χ2v) is 4.02. The highest BCUT2D eigenvalue weighted by Crippen LogP contribution is 2.31. The van der Waals surface area contributed by atoms with Crippen LogP contribution in [0.4, 0.5) is 0 Å². The predicted octanol–water partition coefficient (Wildman–Crippen LogP) is 2.80. The van der Waals surface area contributed by atoms with E-state index in [1.807, 2.05) is 0 Å². The molecule has 1 aromatic rings. The van der Waals surface area contributed by atoms with Crippen LogP contribution >= 0.6 is 31.9 Å². The van der Waals surface area contributed by atoms with Crippen molar-refractivity contribution < 1.29 is 10.2 Å². The highest BCUT2D eigenvalue weighted by atomic mass is 79.9. The minimum absolute atomic E-state index is 0.156. The molecule has 2 nitrogen and oxygen atoms in total. The van der Waals surface area contributed by atoms with Gasteiger partial charge in [0.1, 0.15) is 11.5 Å². The Hall–Kier alpha value is -0.220. The van der Waals surface area contributed by atoms with Gasteiger partial charge in [-0.05, 0) is 40.0 Å². The lowest BCUT2D eigenvalue weighted by atomic mass is 10.1. The smallest absolute Gasteiger partial charge is 0.130 e. The van der Waals surface area contributed by atoms with Crippen LogP contribution in [0.15, 0.2) is 16.6 Å². The van der Waals surface area contributed by atoms with Crippen LogP contribution in [0.3, 0.4) is 0 Å². The van der Waals surface area contributed by atoms with Gasteiger partial charge < -0.3 is 10.2 Å². The molecule has 0 fully saturated rings. The summed E-state index contributed by atoms with van der Waals surface area (Å²) in [6, 6.07) is 3.05. The number of hydrogen-bond acceptors (Lipinski definition) is 2. The van der Waals surface area contributed by atoms with Crippen molar-refractivity contribution in [2.75, 3.05) is 5.33 Å². The molecule has 0 aliphatic heterocycles. The predicted molar refractivity (Wildman–Crippen MR) is 55.0 cm³/mol. The molecule has 0 saturated carbocycles. The lowest BCUT2D eigenvalue weighted by Gasteiger charge is -2.04. The largest absolute Gasteiger partial charge is 0.508 e. The average molecular weight is 296 g/mol. The van der Waals surface area contributed by atoms with E-state index in [0.717, 1.165) is 10.9 Å². The first-order valence-corrected chi connectivity index (χ1v) is 5.33. The standard InChI is InChI=1S/C8H8Br2O2/c9-2-1-5-3-8(12)6(10)4-7(5)11/h3-4,11-12H,1-2H2. The second-order valence-electron chi connectivity index (χ2n) is 2.37. The van der Waals surface area contributed by atoms with Crippen LogP contribution in [0, 0.1) is 0 Å². The topological polar surface area (TPSA) is 40.5 Å². The molecule has 0 saturated heterocycles. The van der Waals surface area contributed by atoms with Gasteiger partial charge in [-0.25, -0.2) is 0 Å². The zero-order valence-electron chi connectivity index (χ0n) is 6.22. The Kier molecular flexibility index (Phi) is 3.40. The summed E-state index contributed by atoms with van der Waals surface area (Å²) in [5, 5.41) is 19.4. The maximum absolute atomic E-state index is 9.38. The van der Waals surface area contributed by atoms with Crippen molar-refractivity contribution in [1.82, 2.24) is 0 Å². The van der Waals surface area contributed by atoms with Gasteiger partial charge in [-0.2, -0.15) is 0 Å². The molecule has 0 aromatic heterocycles. The summed E-state index contributed by atoms with van der Waals surface area (Å²) in [6.07, 6.45) is 0.701. The fourth-order valence-electron chi connectivity index (χ4n) is 0.897. The maximum Gasteiger partial charge on any atom is 0.130 e. The van der Waals surface area contributed by atoms with Crippen molar-refractivity contribution in [3.63, 3.8) is 0 Å². The van der Waals surface area contributed by atoms with Crippen molar-refractivity contribution in [3.05, 3.63) is 22.2 Å². The van der Waals surface area contributed by atoms with Gasteiger partial charge in [0.15, 0.2) is 0 Å². The van der Waals surface area contributed by atoms with Gasteiger partial charge in [0, 0.05) is 5.33 Å². The zero-order valence-corrected chi connectivity index (χ0v) is 9.39. The molecular formula is C8H8Br2O2. The summed E-state index contributed by atoms with van der Waals surface area (Å²) in [7, 11) is 0. The molecule has 66 valence electrons. The van der Waals surface area contributed by atoms with Crippen LogP contribution in [0.1, 0.15) is 5.56 Å². The van der Waals surface area contributed by atoms with Crippen molar-refractivity contribution >= 4 is 31.9 Å². The molecule has 4 heteroatoms. The molecule has 0 unspecified atom stereocenters. The summed E-state index contributed by atoms with van der Waals surface area (Å²) >= 11 is 6.37. The Morgan fingerprint density at radius 2 is 1.83 bits per heavy atom. The molecule has 2 N–H and O–H groups in total. The first-order valence-electron chi connectivity index (χ1n) is 3.41. The molecule has 0 aliphatic carbocycles. The summed E-state index contributed by atoms with van der Waals surface area (Å²) in [6.45, 7) is 0. The quantitative estimate of drug-likeness (QED) is 0.651. The molecule has 0 radical (unpaired) electrons. The van der Waals surface area contributed by atoms with Crippen LogP contribution in [0.5, 0.6) is 11.5 Å². The van der Waals surface area contributed by atoms with E-state index in [1.165, 1.54) is 6.07 Å². The number of aromatic hydroxyl groups is 2. The number of rotatable bonds is 2. The SMILES string of the molecule is Oc1cc(CCBr)c(O)cc1Br. The number of hydrogen-bond donors (Lipinski definition) is 2. The summed E-state index contributed by atoms with van der Waals surface area (Å²) in [5.41, 5.74) is 0.743. The fraction of sp³-hybridized carbons (Fsp3) is 0.250. The second kappa shape index (κ2) is 4.14. The van der Waals surface area contributed by atoms with Crippen molar-refractivity contribution in [2.24, 2.45) is 0 Å². The molecule has 0 spiro atoms. The molecule has 1 aromatic carbocycles. The Morgan fingerprint density at radius 1 is 1.17 bits per heavy atom. The highest BCUT2D eigenvalue weighted by molar-refractivity contribution is 9.10. The maximum atomic E-state index is 9.38. The molecule has 0 amide bonds. The molecule has 0 bridgehead atoms. The van der Waals surface area contributed by atoms with Crippen molar-refractivity contribution in [1.29, 1.82) is 0 Å². The third-order valence-electron chi connectivity index (χ3n) is 1.51. The summed E-state index contributed by atoms with van der Waals surface area (Å²) < 4.78 is 0.512. The van der Waals surface area contributed by atoms with Crippen LogP contribution in [0.2, 0.25) is 0 Å². The van der Waals surface area contributed by atoms with Crippen LogP contribution in [-0.2, 0) is 6.42 Å². The highest BCUT2D eigenvalue weighted by Gasteiger charge is 2.05. The third kappa shape index (κ3) is 2.14. The van der Waals surface area contributed by atoms with Gasteiger partial charge in [0.05, 0.1) is 4.47 Å². The molecule has 0 heterocycles. The van der Waals surface area contributed by atoms with Crippen LogP contribution in [0.25, 0.3) is 0 Å². The lowest BCUT2D eigenvalue weighted by molar-refractivity contribution is 0.452. The Bertz CT molecular complexity index is 287. The molecule has 0 aliphatic rings. The summed E-state index contributed by atoms with van der Waals surface area (Å²) in [4.78, 5) is 0. The van der Waals surface area contributed by atoms with E-state index in [-0.39, 0.29) is 11.5 Å². The lowest BCUT2D eigenvalue weighted by Crippen LogP contribution is -1.86. The number of phenols is 2. The van der Waals surface area contributed by atoms with Gasteiger partial charge in [-0.15, -0.1) is 0 Å². The fourth-order valence-corrected chi connectivity index (χ4v) is 1.66. The van der Waals surface area contributed by atoms with E-state index in [1.54, 1.807) is 6.07 Å². The average Bonchev–Trinajstić information content (AvgIpc) is 2.01. The van der Waals surface area contributed by atoms with E-state index >= 15 is 0 Å². The first-order chi connectivity index (χ1) is 5.65. The monoisotopic (exact) mass is 294 g/mol. The van der Waals surface area contributed by atoms with E-state index in [2.05, 4.69) is 31.9 Å². The van der Waals surface area contributed by atoms with Crippen molar-refractivity contribution in [2.45, 2.75) is 6.42 Å². The molecule has 0 atom stereocenters. The first kappa shape index (κ1) is 9.86. The number of aryl methyl sites for hydroxylation is 1. The summed E-state index contributed by atoms with van der Waals surface area (Å²) in [5.74, 6) is 0.364. The van der Waals surface area contributed by atoms with Gasteiger partial charge in [-0.1, -0.05) is 15.9 Å². The van der Waals surface area contributed by atoms with E-state index in [9.17, 15) is 10.2 Å². The molecule has 1 rings (SSSR count). The number of alkyl halides is 1. The number of benzene rings is 1. The van der Waals surface area contributed by atoms with Gasteiger partial charge >= 0.3 is 0 Å². The minimum atomic E-state index is 0.156. The Labute approximate surface area is 87.5 Å².